The van der Waals surface area contributed by atoms with Crippen molar-refractivity contribution in [1.29, 1.82) is 0 Å². The van der Waals surface area contributed by atoms with E-state index < -0.39 is 6.04 Å². The Morgan fingerprint density at radius 1 is 1.17 bits per heavy atom. The van der Waals surface area contributed by atoms with Gasteiger partial charge in [-0.1, -0.05) is 30.3 Å². The van der Waals surface area contributed by atoms with Crippen molar-refractivity contribution in [1.82, 2.24) is 9.80 Å². The lowest BCUT2D eigenvalue weighted by molar-refractivity contribution is -0.141. The predicted molar refractivity (Wildman–Crippen MR) is 90.6 cm³/mol. The fourth-order valence-corrected chi connectivity index (χ4v) is 3.14. The third-order valence-electron chi connectivity index (χ3n) is 4.66. The van der Waals surface area contributed by atoms with E-state index in [0.29, 0.717) is 13.1 Å². The van der Waals surface area contributed by atoms with Gasteiger partial charge in [0, 0.05) is 32.1 Å². The summed E-state index contributed by atoms with van der Waals surface area (Å²) < 4.78 is 0. The van der Waals surface area contributed by atoms with Crippen LogP contribution in [0.3, 0.4) is 0 Å². The van der Waals surface area contributed by atoms with Gasteiger partial charge >= 0.3 is 0 Å². The summed E-state index contributed by atoms with van der Waals surface area (Å²) in [6, 6.07) is 8.81. The van der Waals surface area contributed by atoms with Gasteiger partial charge < -0.3 is 15.5 Å². The van der Waals surface area contributed by atoms with E-state index in [-0.39, 0.29) is 17.7 Å². The average molecular weight is 317 g/mol. The first-order valence-electron chi connectivity index (χ1n) is 8.46. The summed E-state index contributed by atoms with van der Waals surface area (Å²) in [6.45, 7) is 6.70. The van der Waals surface area contributed by atoms with Crippen molar-refractivity contribution in [3.8, 4) is 0 Å². The molecule has 23 heavy (non-hydrogen) atoms. The molecule has 0 bridgehead atoms. The minimum atomic E-state index is -0.619. The molecule has 1 heterocycles. The molecule has 5 nitrogen and oxygen atoms in total. The Morgan fingerprint density at radius 3 is 2.26 bits per heavy atom. The van der Waals surface area contributed by atoms with Gasteiger partial charge in [0.05, 0.1) is 0 Å². The van der Waals surface area contributed by atoms with E-state index >= 15 is 0 Å². The van der Waals surface area contributed by atoms with Gasteiger partial charge in [-0.15, -0.1) is 0 Å². The van der Waals surface area contributed by atoms with E-state index in [1.165, 1.54) is 0 Å². The van der Waals surface area contributed by atoms with E-state index in [1.54, 1.807) is 4.90 Å². The van der Waals surface area contributed by atoms with E-state index in [2.05, 4.69) is 0 Å². The lowest BCUT2D eigenvalue weighted by Crippen LogP contribution is -2.46. The fourth-order valence-electron chi connectivity index (χ4n) is 3.14. The van der Waals surface area contributed by atoms with Crippen molar-refractivity contribution in [2.75, 3.05) is 26.2 Å². The SMILES string of the molecule is CCN(CC)C(=O)C1CCN(C(=O)[C@H](N)c2ccccc2)CC1. The summed E-state index contributed by atoms with van der Waals surface area (Å²) in [4.78, 5) is 28.6. The van der Waals surface area contributed by atoms with Crippen molar-refractivity contribution in [2.24, 2.45) is 11.7 Å². The second-order valence-corrected chi connectivity index (χ2v) is 6.00. The van der Waals surface area contributed by atoms with Crippen LogP contribution in [0.2, 0.25) is 0 Å². The maximum Gasteiger partial charge on any atom is 0.244 e. The van der Waals surface area contributed by atoms with Crippen molar-refractivity contribution >= 4 is 11.8 Å². The number of likely N-dealkylation sites (tertiary alicyclic amines) is 1. The van der Waals surface area contributed by atoms with Crippen LogP contribution in [0.1, 0.15) is 38.3 Å². The van der Waals surface area contributed by atoms with E-state index in [0.717, 1.165) is 31.5 Å². The summed E-state index contributed by atoms with van der Waals surface area (Å²) in [5, 5.41) is 0. The van der Waals surface area contributed by atoms with Gasteiger partial charge in [-0.25, -0.2) is 0 Å². The molecule has 1 fully saturated rings. The molecule has 5 heteroatoms. The first-order valence-corrected chi connectivity index (χ1v) is 8.46. The number of nitrogens with zero attached hydrogens (tertiary/aromatic N) is 2. The molecule has 1 saturated heterocycles. The van der Waals surface area contributed by atoms with Crippen molar-refractivity contribution in [3.05, 3.63) is 35.9 Å². The first kappa shape index (κ1) is 17.5. The average Bonchev–Trinajstić information content (AvgIpc) is 2.62. The molecule has 0 radical (unpaired) electrons. The number of rotatable bonds is 5. The molecular weight excluding hydrogens is 290 g/mol. The zero-order valence-corrected chi connectivity index (χ0v) is 14.1. The molecule has 0 aromatic heterocycles. The Kier molecular flexibility index (Phi) is 6.16. The molecule has 1 aromatic carbocycles. The molecular formula is C18H27N3O2. The highest BCUT2D eigenvalue weighted by molar-refractivity contribution is 5.84. The van der Waals surface area contributed by atoms with E-state index in [1.807, 2.05) is 49.1 Å². The zero-order chi connectivity index (χ0) is 16.8. The normalized spacial score (nSPS) is 16.9. The molecule has 1 aromatic rings. The smallest absolute Gasteiger partial charge is 0.244 e. The maximum absolute atomic E-state index is 12.5. The van der Waals surface area contributed by atoms with Gasteiger partial charge in [0.1, 0.15) is 6.04 Å². The summed E-state index contributed by atoms with van der Waals surface area (Å²) in [7, 11) is 0. The van der Waals surface area contributed by atoms with Crippen LogP contribution in [0.5, 0.6) is 0 Å². The number of benzene rings is 1. The molecule has 126 valence electrons. The Bertz CT molecular complexity index is 520. The number of hydrogen-bond acceptors (Lipinski definition) is 3. The summed E-state index contributed by atoms with van der Waals surface area (Å²) >= 11 is 0. The highest BCUT2D eigenvalue weighted by Gasteiger charge is 2.31. The quantitative estimate of drug-likeness (QED) is 0.900. The Balaban J connectivity index is 1.91. The number of hydrogen-bond donors (Lipinski definition) is 1. The molecule has 1 atom stereocenters. The van der Waals surface area contributed by atoms with Crippen LogP contribution in [0, 0.1) is 5.92 Å². The van der Waals surface area contributed by atoms with Gasteiger partial charge in [0.25, 0.3) is 0 Å². The number of amides is 2. The number of carbonyl (C=O) groups excluding carboxylic acids is 2. The summed E-state index contributed by atoms with van der Waals surface area (Å²) in [6.07, 6.45) is 1.45. The van der Waals surface area contributed by atoms with Crippen molar-refractivity contribution < 1.29 is 9.59 Å². The summed E-state index contributed by atoms with van der Waals surface area (Å²) in [5.41, 5.74) is 6.92. The van der Waals surface area contributed by atoms with Gasteiger partial charge in [0.2, 0.25) is 11.8 Å². The Hall–Kier alpha value is -1.88. The van der Waals surface area contributed by atoms with Crippen molar-refractivity contribution in [3.63, 3.8) is 0 Å². The lowest BCUT2D eigenvalue weighted by Gasteiger charge is -2.35. The van der Waals surface area contributed by atoms with Crippen LogP contribution in [0.25, 0.3) is 0 Å². The molecule has 1 aliphatic rings. The predicted octanol–water partition coefficient (Wildman–Crippen LogP) is 1.79. The van der Waals surface area contributed by atoms with E-state index in [4.69, 9.17) is 5.73 Å². The third kappa shape index (κ3) is 4.10. The highest BCUT2D eigenvalue weighted by atomic mass is 16.2. The molecule has 0 spiro atoms. The second-order valence-electron chi connectivity index (χ2n) is 6.00. The van der Waals surface area contributed by atoms with Crippen LogP contribution >= 0.6 is 0 Å². The Labute approximate surface area is 138 Å². The molecule has 2 amide bonds. The maximum atomic E-state index is 12.5. The minimum Gasteiger partial charge on any atom is -0.343 e. The Morgan fingerprint density at radius 2 is 1.74 bits per heavy atom. The lowest BCUT2D eigenvalue weighted by atomic mass is 9.94. The van der Waals surface area contributed by atoms with E-state index in [9.17, 15) is 9.59 Å². The monoisotopic (exact) mass is 317 g/mol. The fraction of sp³-hybridized carbons (Fsp3) is 0.556. The molecule has 2 N–H and O–H groups in total. The minimum absolute atomic E-state index is 0.0342. The van der Waals surface area contributed by atoms with Crippen LogP contribution in [-0.2, 0) is 9.59 Å². The van der Waals surface area contributed by atoms with Gasteiger partial charge in [-0.2, -0.15) is 0 Å². The number of piperidine rings is 1. The molecule has 0 aliphatic carbocycles. The highest BCUT2D eigenvalue weighted by Crippen LogP contribution is 2.22. The van der Waals surface area contributed by atoms with Gasteiger partial charge in [0.15, 0.2) is 0 Å². The van der Waals surface area contributed by atoms with Crippen LogP contribution < -0.4 is 5.73 Å². The molecule has 0 unspecified atom stereocenters. The third-order valence-corrected chi connectivity index (χ3v) is 4.66. The molecule has 1 aliphatic heterocycles. The topological polar surface area (TPSA) is 66.6 Å². The van der Waals surface area contributed by atoms with Crippen LogP contribution in [0.15, 0.2) is 30.3 Å². The second kappa shape index (κ2) is 8.11. The largest absolute Gasteiger partial charge is 0.343 e. The van der Waals surface area contributed by atoms with Crippen LogP contribution in [-0.4, -0.2) is 47.8 Å². The summed E-state index contributed by atoms with van der Waals surface area (Å²) in [5.74, 6) is 0.200. The van der Waals surface area contributed by atoms with Crippen LogP contribution in [0.4, 0.5) is 0 Å². The van der Waals surface area contributed by atoms with Gasteiger partial charge in [-0.05, 0) is 32.3 Å². The number of carbonyl (C=O) groups is 2. The molecule has 2 rings (SSSR count). The number of nitrogens with two attached hydrogens (primary N) is 1. The zero-order valence-electron chi connectivity index (χ0n) is 14.1. The standard InChI is InChI=1S/C18H27N3O2/c1-3-20(4-2)17(22)15-10-12-21(13-11-15)18(23)16(19)14-8-6-5-7-9-14/h5-9,15-16H,3-4,10-13,19H2,1-2H3/t16-/m1/s1. The molecule has 0 saturated carbocycles. The van der Waals surface area contributed by atoms with Crippen molar-refractivity contribution in [2.45, 2.75) is 32.7 Å². The first-order chi connectivity index (χ1) is 11.1. The van der Waals surface area contributed by atoms with Gasteiger partial charge in [-0.3, -0.25) is 9.59 Å².